The maximum atomic E-state index is 9.04. The van der Waals surface area contributed by atoms with Gasteiger partial charge in [0.1, 0.15) is 5.75 Å². The van der Waals surface area contributed by atoms with Gasteiger partial charge in [0.15, 0.2) is 0 Å². The van der Waals surface area contributed by atoms with Gasteiger partial charge in [-0.15, -0.1) is 0 Å². The molecule has 0 aliphatic rings. The van der Waals surface area contributed by atoms with E-state index in [1.54, 1.807) is 12.1 Å². The fourth-order valence-electron chi connectivity index (χ4n) is 1.000. The van der Waals surface area contributed by atoms with Gasteiger partial charge in [0.05, 0.1) is 0 Å². The summed E-state index contributed by atoms with van der Waals surface area (Å²) in [4.78, 5) is 0. The van der Waals surface area contributed by atoms with Gasteiger partial charge >= 0.3 is 0 Å². The number of benzene rings is 1. The molecule has 0 fully saturated rings. The quantitative estimate of drug-likeness (QED) is 0.631. The molecule has 0 bridgehead atoms. The molecule has 70 valence electrons. The fourth-order valence-corrected chi connectivity index (χ4v) is 1.32. The van der Waals surface area contributed by atoms with Crippen LogP contribution < -0.4 is 0 Å². The summed E-state index contributed by atoms with van der Waals surface area (Å²) in [6.45, 7) is 0. The van der Waals surface area contributed by atoms with Gasteiger partial charge < -0.3 is 5.11 Å². The van der Waals surface area contributed by atoms with Crippen LogP contribution in [0, 0.1) is 0 Å². The van der Waals surface area contributed by atoms with E-state index >= 15 is 0 Å². The Hall–Kier alpha value is -0.760. The smallest absolute Gasteiger partial charge is 0.115 e. The lowest BCUT2D eigenvalue weighted by atomic mass is 10.2. The van der Waals surface area contributed by atoms with Crippen molar-refractivity contribution in [2.24, 2.45) is 0 Å². The number of halogens is 1. The zero-order chi connectivity index (χ0) is 9.52. The molecule has 1 nitrogen and oxygen atoms in total. The van der Waals surface area contributed by atoms with E-state index in [4.69, 9.17) is 5.11 Å². The molecule has 0 amide bonds. The van der Waals surface area contributed by atoms with Crippen molar-refractivity contribution in [1.82, 2.24) is 0 Å². The Morgan fingerprint density at radius 2 is 1.92 bits per heavy atom. The topological polar surface area (TPSA) is 20.2 Å². The number of phenols is 1. The van der Waals surface area contributed by atoms with E-state index in [0.717, 1.165) is 23.7 Å². The summed E-state index contributed by atoms with van der Waals surface area (Å²) >= 11 is 3.38. The number of aromatic hydroxyl groups is 1. The average molecular weight is 241 g/mol. The number of rotatable bonds is 4. The lowest BCUT2D eigenvalue weighted by molar-refractivity contribution is 0.475. The van der Waals surface area contributed by atoms with Crippen molar-refractivity contribution in [2.45, 2.75) is 12.8 Å². The van der Waals surface area contributed by atoms with Crippen LogP contribution >= 0.6 is 15.9 Å². The van der Waals surface area contributed by atoms with E-state index in [1.807, 2.05) is 12.1 Å². The molecule has 0 atom stereocenters. The van der Waals surface area contributed by atoms with Crippen molar-refractivity contribution in [3.05, 3.63) is 35.9 Å². The van der Waals surface area contributed by atoms with Crippen LogP contribution in [0.3, 0.4) is 0 Å². The number of allylic oxidation sites excluding steroid dienone is 1. The molecular weight excluding hydrogens is 228 g/mol. The van der Waals surface area contributed by atoms with Crippen LogP contribution in [0.1, 0.15) is 18.4 Å². The van der Waals surface area contributed by atoms with E-state index < -0.39 is 0 Å². The van der Waals surface area contributed by atoms with Gasteiger partial charge in [-0.1, -0.05) is 40.2 Å². The van der Waals surface area contributed by atoms with Gasteiger partial charge in [0.2, 0.25) is 0 Å². The van der Waals surface area contributed by atoms with Crippen LogP contribution in [0.2, 0.25) is 0 Å². The largest absolute Gasteiger partial charge is 0.508 e. The third-order valence-electron chi connectivity index (χ3n) is 1.71. The van der Waals surface area contributed by atoms with Crippen LogP contribution in [0.5, 0.6) is 5.75 Å². The van der Waals surface area contributed by atoms with Gasteiger partial charge in [0.25, 0.3) is 0 Å². The lowest BCUT2D eigenvalue weighted by Crippen LogP contribution is -1.72. The Labute approximate surface area is 87.2 Å². The van der Waals surface area contributed by atoms with E-state index in [0.29, 0.717) is 5.75 Å². The molecule has 0 unspecified atom stereocenters. The first-order chi connectivity index (χ1) is 6.33. The molecule has 1 aromatic carbocycles. The molecule has 0 aliphatic carbocycles. The first-order valence-corrected chi connectivity index (χ1v) is 5.46. The standard InChI is InChI=1S/C11H13BrO/c12-9-3-1-2-4-10-5-7-11(13)8-6-10/h2,4-8,13H,1,3,9H2. The monoisotopic (exact) mass is 240 g/mol. The van der Waals surface area contributed by atoms with Crippen molar-refractivity contribution < 1.29 is 5.11 Å². The van der Waals surface area contributed by atoms with Crippen molar-refractivity contribution >= 4 is 22.0 Å². The predicted molar refractivity (Wildman–Crippen MR) is 60.2 cm³/mol. The molecule has 0 radical (unpaired) electrons. The Balaban J connectivity index is 2.44. The summed E-state index contributed by atoms with van der Waals surface area (Å²) in [5.74, 6) is 0.317. The van der Waals surface area contributed by atoms with Gasteiger partial charge in [-0.05, 0) is 30.5 Å². The average Bonchev–Trinajstić information content (AvgIpc) is 2.15. The van der Waals surface area contributed by atoms with E-state index in [9.17, 15) is 0 Å². The van der Waals surface area contributed by atoms with Crippen molar-refractivity contribution in [2.75, 3.05) is 5.33 Å². The van der Waals surface area contributed by atoms with Gasteiger partial charge in [-0.25, -0.2) is 0 Å². The highest BCUT2D eigenvalue weighted by Gasteiger charge is 1.87. The van der Waals surface area contributed by atoms with Crippen LogP contribution in [-0.2, 0) is 0 Å². The number of hydrogen-bond donors (Lipinski definition) is 1. The molecule has 0 saturated carbocycles. The SMILES string of the molecule is Oc1ccc(C=CCCCBr)cc1. The highest BCUT2D eigenvalue weighted by atomic mass is 79.9. The molecule has 0 aliphatic heterocycles. The summed E-state index contributed by atoms with van der Waals surface area (Å²) in [7, 11) is 0. The van der Waals surface area contributed by atoms with E-state index in [2.05, 4.69) is 28.1 Å². The number of alkyl halides is 1. The molecule has 1 aromatic rings. The molecule has 1 rings (SSSR count). The van der Waals surface area contributed by atoms with Crippen LogP contribution in [-0.4, -0.2) is 10.4 Å². The maximum absolute atomic E-state index is 9.04. The summed E-state index contributed by atoms with van der Waals surface area (Å²) in [6, 6.07) is 7.20. The minimum absolute atomic E-state index is 0.317. The van der Waals surface area contributed by atoms with E-state index in [1.165, 1.54) is 0 Å². The Morgan fingerprint density at radius 1 is 1.23 bits per heavy atom. The van der Waals surface area contributed by atoms with Gasteiger partial charge in [0, 0.05) is 5.33 Å². The first kappa shape index (κ1) is 10.3. The second-order valence-corrected chi connectivity index (χ2v) is 3.62. The Morgan fingerprint density at radius 3 is 2.54 bits per heavy atom. The summed E-state index contributed by atoms with van der Waals surface area (Å²) in [5.41, 5.74) is 1.13. The molecule has 0 saturated heterocycles. The van der Waals surface area contributed by atoms with E-state index in [-0.39, 0.29) is 0 Å². The minimum atomic E-state index is 0.317. The Bertz CT molecular complexity index is 264. The second-order valence-electron chi connectivity index (χ2n) is 2.83. The summed E-state index contributed by atoms with van der Waals surface area (Å²) in [6.07, 6.45) is 6.47. The zero-order valence-electron chi connectivity index (χ0n) is 7.41. The fraction of sp³-hybridized carbons (Fsp3) is 0.273. The zero-order valence-corrected chi connectivity index (χ0v) is 9.00. The first-order valence-electron chi connectivity index (χ1n) is 4.34. The highest BCUT2D eigenvalue weighted by Crippen LogP contribution is 2.11. The van der Waals surface area contributed by atoms with Crippen molar-refractivity contribution in [3.8, 4) is 5.75 Å². The molecule has 0 heterocycles. The maximum Gasteiger partial charge on any atom is 0.115 e. The third kappa shape index (κ3) is 4.13. The van der Waals surface area contributed by atoms with Gasteiger partial charge in [-0.3, -0.25) is 0 Å². The number of unbranched alkanes of at least 4 members (excludes halogenated alkanes) is 1. The molecular formula is C11H13BrO. The molecule has 1 N–H and O–H groups in total. The molecule has 13 heavy (non-hydrogen) atoms. The Kier molecular flexibility index (Phi) is 4.61. The minimum Gasteiger partial charge on any atom is -0.508 e. The second kappa shape index (κ2) is 5.81. The molecule has 0 aromatic heterocycles. The third-order valence-corrected chi connectivity index (χ3v) is 2.27. The number of phenolic OH excluding ortho intramolecular Hbond substituents is 1. The highest BCUT2D eigenvalue weighted by molar-refractivity contribution is 9.09. The predicted octanol–water partition coefficient (Wildman–Crippen LogP) is 3.58. The molecule has 2 heteroatoms. The number of hydrogen-bond acceptors (Lipinski definition) is 1. The van der Waals surface area contributed by atoms with Crippen molar-refractivity contribution in [1.29, 1.82) is 0 Å². The van der Waals surface area contributed by atoms with Gasteiger partial charge in [-0.2, -0.15) is 0 Å². The van der Waals surface area contributed by atoms with Crippen molar-refractivity contribution in [3.63, 3.8) is 0 Å². The lowest BCUT2D eigenvalue weighted by Gasteiger charge is -1.93. The van der Waals surface area contributed by atoms with Crippen LogP contribution in [0.4, 0.5) is 0 Å². The normalized spacial score (nSPS) is 10.8. The van der Waals surface area contributed by atoms with Crippen LogP contribution in [0.15, 0.2) is 30.3 Å². The summed E-state index contributed by atoms with van der Waals surface area (Å²) in [5, 5.41) is 10.1. The van der Waals surface area contributed by atoms with Crippen LogP contribution in [0.25, 0.3) is 6.08 Å². The summed E-state index contributed by atoms with van der Waals surface area (Å²) < 4.78 is 0. The molecule has 0 spiro atoms.